The molecule has 6 nitrogen and oxygen atoms in total. The van der Waals surface area contributed by atoms with Crippen molar-refractivity contribution in [2.75, 3.05) is 13.2 Å². The number of ether oxygens (including phenoxy) is 1. The lowest BCUT2D eigenvalue weighted by Gasteiger charge is -2.15. The monoisotopic (exact) mass is 281 g/mol. The van der Waals surface area contributed by atoms with Crippen molar-refractivity contribution >= 4 is 5.84 Å². The molecule has 0 saturated heterocycles. The molecule has 0 amide bonds. The van der Waals surface area contributed by atoms with E-state index in [2.05, 4.69) is 10.5 Å². The van der Waals surface area contributed by atoms with E-state index in [4.69, 9.17) is 15.7 Å². The number of hydrogen-bond acceptors (Lipinski definition) is 5. The molecule has 0 saturated carbocycles. The molecule has 0 aliphatic rings. The van der Waals surface area contributed by atoms with Gasteiger partial charge in [-0.15, -0.1) is 0 Å². The molecule has 1 aromatic rings. The van der Waals surface area contributed by atoms with E-state index in [0.717, 1.165) is 5.75 Å². The minimum atomic E-state index is -0.301. The zero-order valence-corrected chi connectivity index (χ0v) is 11.9. The number of rotatable bonds is 8. The van der Waals surface area contributed by atoms with E-state index in [9.17, 15) is 5.11 Å². The van der Waals surface area contributed by atoms with Crippen molar-refractivity contribution in [3.8, 4) is 5.75 Å². The number of nitrogens with one attached hydrogen (secondary N) is 1. The first-order chi connectivity index (χ1) is 9.52. The minimum absolute atomic E-state index is 0.0742. The lowest BCUT2D eigenvalue weighted by Crippen LogP contribution is -2.32. The number of aliphatic hydroxyl groups is 1. The van der Waals surface area contributed by atoms with Crippen LogP contribution in [0.3, 0.4) is 0 Å². The normalized spacial score (nSPS) is 14.8. The second kappa shape index (κ2) is 8.39. The summed E-state index contributed by atoms with van der Waals surface area (Å²) in [6.07, 6.45) is 0.415. The van der Waals surface area contributed by atoms with Crippen LogP contribution in [0.2, 0.25) is 0 Å². The van der Waals surface area contributed by atoms with E-state index in [1.165, 1.54) is 0 Å². The van der Waals surface area contributed by atoms with Crippen LogP contribution in [0.1, 0.15) is 25.8 Å². The van der Waals surface area contributed by atoms with Gasteiger partial charge in [0.2, 0.25) is 0 Å². The highest BCUT2D eigenvalue weighted by Gasteiger charge is 2.05. The van der Waals surface area contributed by atoms with E-state index in [1.54, 1.807) is 31.2 Å². The number of oxime groups is 1. The number of nitrogens with zero attached hydrogens (tertiary/aromatic N) is 1. The fourth-order valence-corrected chi connectivity index (χ4v) is 1.85. The predicted molar refractivity (Wildman–Crippen MR) is 78.2 cm³/mol. The van der Waals surface area contributed by atoms with Crippen molar-refractivity contribution < 1.29 is 15.1 Å². The SMILES string of the molecule is CC(O)CC(C)NCCOc1ccc(/C(N)=N/O)cc1. The molecule has 0 aliphatic heterocycles. The van der Waals surface area contributed by atoms with E-state index < -0.39 is 0 Å². The van der Waals surface area contributed by atoms with Gasteiger partial charge in [0.1, 0.15) is 12.4 Å². The molecule has 2 atom stereocenters. The van der Waals surface area contributed by atoms with E-state index >= 15 is 0 Å². The molecule has 1 rings (SSSR count). The summed E-state index contributed by atoms with van der Waals surface area (Å²) in [4.78, 5) is 0. The maximum atomic E-state index is 9.24. The molecule has 0 bridgehead atoms. The highest BCUT2D eigenvalue weighted by molar-refractivity contribution is 5.97. The maximum Gasteiger partial charge on any atom is 0.170 e. The van der Waals surface area contributed by atoms with Gasteiger partial charge in [-0.25, -0.2) is 0 Å². The Bertz CT molecular complexity index is 418. The molecule has 0 aromatic heterocycles. The molecule has 1 aromatic carbocycles. The molecule has 5 N–H and O–H groups in total. The lowest BCUT2D eigenvalue weighted by atomic mass is 10.1. The molecular formula is C14H23N3O3. The zero-order valence-electron chi connectivity index (χ0n) is 11.9. The van der Waals surface area contributed by atoms with Crippen LogP contribution >= 0.6 is 0 Å². The van der Waals surface area contributed by atoms with Gasteiger partial charge in [-0.3, -0.25) is 0 Å². The van der Waals surface area contributed by atoms with Gasteiger partial charge in [-0.1, -0.05) is 5.16 Å². The first-order valence-electron chi connectivity index (χ1n) is 6.65. The van der Waals surface area contributed by atoms with Crippen molar-refractivity contribution in [3.05, 3.63) is 29.8 Å². The highest BCUT2D eigenvalue weighted by Crippen LogP contribution is 2.11. The third-order valence-corrected chi connectivity index (χ3v) is 2.82. The van der Waals surface area contributed by atoms with Crippen LogP contribution in [0, 0.1) is 0 Å². The van der Waals surface area contributed by atoms with Crippen molar-refractivity contribution in [3.63, 3.8) is 0 Å². The molecule has 0 aliphatic carbocycles. The van der Waals surface area contributed by atoms with E-state index in [1.807, 2.05) is 6.92 Å². The van der Waals surface area contributed by atoms with Crippen LogP contribution in [-0.4, -0.2) is 41.4 Å². The Balaban J connectivity index is 2.29. The summed E-state index contributed by atoms with van der Waals surface area (Å²) in [5.41, 5.74) is 6.11. The van der Waals surface area contributed by atoms with Gasteiger partial charge in [-0.2, -0.15) is 0 Å². The van der Waals surface area contributed by atoms with Crippen LogP contribution < -0.4 is 15.8 Å². The summed E-state index contributed by atoms with van der Waals surface area (Å²) >= 11 is 0. The maximum absolute atomic E-state index is 9.24. The molecule has 20 heavy (non-hydrogen) atoms. The number of hydrogen-bond donors (Lipinski definition) is 4. The Morgan fingerprint density at radius 1 is 1.35 bits per heavy atom. The van der Waals surface area contributed by atoms with Gasteiger partial charge in [0.05, 0.1) is 6.10 Å². The Labute approximate surface area is 119 Å². The molecular weight excluding hydrogens is 258 g/mol. The standard InChI is InChI=1S/C14H23N3O3/c1-10(9-11(2)18)16-7-8-20-13-5-3-12(4-6-13)14(15)17-19/h3-6,10-11,16,18-19H,7-9H2,1-2H3,(H2,15,17). The topological polar surface area (TPSA) is 100 Å². The Morgan fingerprint density at radius 2 is 2.00 bits per heavy atom. The first-order valence-corrected chi connectivity index (χ1v) is 6.65. The molecule has 0 spiro atoms. The fourth-order valence-electron chi connectivity index (χ4n) is 1.85. The summed E-state index contributed by atoms with van der Waals surface area (Å²) in [5.74, 6) is 0.801. The highest BCUT2D eigenvalue weighted by atomic mass is 16.5. The van der Waals surface area contributed by atoms with Gasteiger partial charge >= 0.3 is 0 Å². The molecule has 0 fully saturated rings. The van der Waals surface area contributed by atoms with E-state index in [0.29, 0.717) is 25.1 Å². The van der Waals surface area contributed by atoms with Crippen LogP contribution in [-0.2, 0) is 0 Å². The average Bonchev–Trinajstić information content (AvgIpc) is 2.42. The summed E-state index contributed by atoms with van der Waals surface area (Å²) in [6, 6.07) is 7.25. The number of amidine groups is 1. The quantitative estimate of drug-likeness (QED) is 0.187. The smallest absolute Gasteiger partial charge is 0.170 e. The summed E-state index contributed by atoms with van der Waals surface area (Å²) < 4.78 is 5.56. The third-order valence-electron chi connectivity index (χ3n) is 2.82. The first kappa shape index (κ1) is 16.3. The fraction of sp³-hybridized carbons (Fsp3) is 0.500. The van der Waals surface area contributed by atoms with Gasteiger partial charge < -0.3 is 26.1 Å². The summed E-state index contributed by atoms with van der Waals surface area (Å²) in [7, 11) is 0. The van der Waals surface area contributed by atoms with Crippen molar-refractivity contribution in [1.29, 1.82) is 0 Å². The van der Waals surface area contributed by atoms with Crippen LogP contribution in [0.5, 0.6) is 5.75 Å². The van der Waals surface area contributed by atoms with Crippen molar-refractivity contribution in [2.45, 2.75) is 32.4 Å². The van der Waals surface area contributed by atoms with Gasteiger partial charge in [0.25, 0.3) is 0 Å². The molecule has 6 heteroatoms. The average molecular weight is 281 g/mol. The molecule has 0 radical (unpaired) electrons. The Morgan fingerprint density at radius 3 is 2.55 bits per heavy atom. The second-order valence-electron chi connectivity index (χ2n) is 4.80. The van der Waals surface area contributed by atoms with E-state index in [-0.39, 0.29) is 18.0 Å². The largest absolute Gasteiger partial charge is 0.492 e. The molecule has 112 valence electrons. The number of benzene rings is 1. The molecule has 0 heterocycles. The Hall–Kier alpha value is -1.79. The molecule has 2 unspecified atom stereocenters. The van der Waals surface area contributed by atoms with Crippen molar-refractivity contribution in [2.24, 2.45) is 10.9 Å². The number of aliphatic hydroxyl groups excluding tert-OH is 1. The van der Waals surface area contributed by atoms with Crippen molar-refractivity contribution in [1.82, 2.24) is 5.32 Å². The van der Waals surface area contributed by atoms with Crippen LogP contribution in [0.25, 0.3) is 0 Å². The Kier molecular flexibility index (Phi) is 6.83. The zero-order chi connectivity index (χ0) is 15.0. The van der Waals surface area contributed by atoms with Crippen LogP contribution in [0.4, 0.5) is 0 Å². The van der Waals surface area contributed by atoms with Gasteiger partial charge in [0.15, 0.2) is 5.84 Å². The third kappa shape index (κ3) is 5.90. The summed E-state index contributed by atoms with van der Waals surface area (Å²) in [5, 5.41) is 24.0. The number of nitrogens with two attached hydrogens (primary N) is 1. The second-order valence-corrected chi connectivity index (χ2v) is 4.80. The van der Waals surface area contributed by atoms with Gasteiger partial charge in [0, 0.05) is 18.2 Å². The van der Waals surface area contributed by atoms with Crippen LogP contribution in [0.15, 0.2) is 29.4 Å². The summed E-state index contributed by atoms with van der Waals surface area (Å²) in [6.45, 7) is 5.04. The van der Waals surface area contributed by atoms with Gasteiger partial charge in [-0.05, 0) is 44.5 Å². The lowest BCUT2D eigenvalue weighted by molar-refractivity contribution is 0.169. The predicted octanol–water partition coefficient (Wildman–Crippen LogP) is 0.909. The minimum Gasteiger partial charge on any atom is -0.492 e.